The standard InChI is InChI=1S/C25H20N6/c26-19-13-18(14-27-15-19)24-22-11-6-10-21(17-7-2-1-3-8-17)23(22)25(31-30-24)29-16-20-9-4-5-12-28-20/h1-15H,16,26H2,(H,29,31). The molecule has 0 aliphatic rings. The van der Waals surface area contributed by atoms with Gasteiger partial charge >= 0.3 is 0 Å². The Morgan fingerprint density at radius 1 is 0.806 bits per heavy atom. The third-order valence-electron chi connectivity index (χ3n) is 5.09. The first-order chi connectivity index (χ1) is 15.3. The zero-order valence-electron chi connectivity index (χ0n) is 16.7. The monoisotopic (exact) mass is 404 g/mol. The van der Waals surface area contributed by atoms with E-state index in [-0.39, 0.29) is 0 Å². The van der Waals surface area contributed by atoms with Crippen LogP contribution in [0.3, 0.4) is 0 Å². The van der Waals surface area contributed by atoms with Crippen molar-refractivity contribution in [3.05, 3.63) is 97.1 Å². The number of anilines is 2. The fourth-order valence-corrected chi connectivity index (χ4v) is 3.67. The molecular weight excluding hydrogens is 384 g/mol. The van der Waals surface area contributed by atoms with Crippen molar-refractivity contribution in [1.82, 2.24) is 20.2 Å². The molecule has 3 heterocycles. The van der Waals surface area contributed by atoms with E-state index in [1.165, 1.54) is 0 Å². The van der Waals surface area contributed by atoms with Gasteiger partial charge in [-0.25, -0.2) is 0 Å². The number of nitrogens with two attached hydrogens (primary N) is 1. The second-order valence-electron chi connectivity index (χ2n) is 7.17. The van der Waals surface area contributed by atoms with Crippen LogP contribution in [-0.2, 0) is 6.54 Å². The lowest BCUT2D eigenvalue weighted by molar-refractivity contribution is 0.992. The van der Waals surface area contributed by atoms with Gasteiger partial charge in [0.1, 0.15) is 5.69 Å². The molecule has 3 aromatic heterocycles. The van der Waals surface area contributed by atoms with Gasteiger partial charge in [0, 0.05) is 34.9 Å². The average Bonchev–Trinajstić information content (AvgIpc) is 2.83. The van der Waals surface area contributed by atoms with Gasteiger partial charge in [0.2, 0.25) is 0 Å². The predicted molar refractivity (Wildman–Crippen MR) is 124 cm³/mol. The van der Waals surface area contributed by atoms with Crippen molar-refractivity contribution >= 4 is 22.3 Å². The molecule has 0 aliphatic carbocycles. The highest BCUT2D eigenvalue weighted by molar-refractivity contribution is 6.08. The van der Waals surface area contributed by atoms with Crippen LogP contribution >= 0.6 is 0 Å². The van der Waals surface area contributed by atoms with E-state index in [1.807, 2.05) is 48.5 Å². The summed E-state index contributed by atoms with van der Waals surface area (Å²) in [6.45, 7) is 0.549. The summed E-state index contributed by atoms with van der Waals surface area (Å²) in [5, 5.41) is 14.5. The van der Waals surface area contributed by atoms with Gasteiger partial charge in [-0.1, -0.05) is 54.6 Å². The fraction of sp³-hybridized carbons (Fsp3) is 0.0400. The van der Waals surface area contributed by atoms with Crippen LogP contribution in [0, 0.1) is 0 Å². The molecule has 0 saturated carbocycles. The van der Waals surface area contributed by atoms with E-state index in [2.05, 4.69) is 49.7 Å². The Morgan fingerprint density at radius 3 is 2.48 bits per heavy atom. The van der Waals surface area contributed by atoms with E-state index in [0.29, 0.717) is 18.1 Å². The van der Waals surface area contributed by atoms with Gasteiger partial charge in [0.15, 0.2) is 5.82 Å². The number of aromatic nitrogens is 4. The van der Waals surface area contributed by atoms with E-state index >= 15 is 0 Å². The maximum absolute atomic E-state index is 5.97. The van der Waals surface area contributed by atoms with Gasteiger partial charge in [-0.05, 0) is 29.3 Å². The van der Waals surface area contributed by atoms with E-state index in [9.17, 15) is 0 Å². The molecular formula is C25H20N6. The highest BCUT2D eigenvalue weighted by Gasteiger charge is 2.16. The van der Waals surface area contributed by atoms with Crippen LogP contribution in [-0.4, -0.2) is 20.2 Å². The number of hydrogen-bond acceptors (Lipinski definition) is 6. The second kappa shape index (κ2) is 8.20. The first-order valence-electron chi connectivity index (χ1n) is 9.99. The lowest BCUT2D eigenvalue weighted by Gasteiger charge is -2.15. The lowest BCUT2D eigenvalue weighted by atomic mass is 9.96. The summed E-state index contributed by atoms with van der Waals surface area (Å²) in [5.41, 5.74) is 11.3. The normalized spacial score (nSPS) is 10.8. The van der Waals surface area contributed by atoms with Gasteiger partial charge in [-0.3, -0.25) is 9.97 Å². The Bertz CT molecular complexity index is 1340. The zero-order chi connectivity index (χ0) is 21.0. The molecule has 6 heteroatoms. The van der Waals surface area contributed by atoms with Crippen LogP contribution in [0.4, 0.5) is 11.5 Å². The number of nitrogen functional groups attached to an aromatic ring is 1. The highest BCUT2D eigenvalue weighted by Crippen LogP contribution is 2.37. The molecule has 0 spiro atoms. The molecule has 31 heavy (non-hydrogen) atoms. The quantitative estimate of drug-likeness (QED) is 0.431. The van der Waals surface area contributed by atoms with Gasteiger partial charge in [0.05, 0.1) is 17.9 Å². The number of pyridine rings is 2. The first kappa shape index (κ1) is 18.7. The molecule has 0 saturated heterocycles. The van der Waals surface area contributed by atoms with Crippen LogP contribution in [0.15, 0.2) is 91.4 Å². The summed E-state index contributed by atoms with van der Waals surface area (Å²) in [6.07, 6.45) is 5.17. The molecule has 5 rings (SSSR count). The molecule has 3 N–H and O–H groups in total. The van der Waals surface area contributed by atoms with Gasteiger partial charge in [-0.2, -0.15) is 0 Å². The van der Waals surface area contributed by atoms with E-state index in [0.717, 1.165) is 38.9 Å². The van der Waals surface area contributed by atoms with Gasteiger partial charge in [0.25, 0.3) is 0 Å². The predicted octanol–water partition coefficient (Wildman–Crippen LogP) is 4.95. The Labute approximate surface area is 179 Å². The number of nitrogens with one attached hydrogen (secondary N) is 1. The third kappa shape index (κ3) is 3.79. The average molecular weight is 404 g/mol. The molecule has 0 atom stereocenters. The largest absolute Gasteiger partial charge is 0.397 e. The topological polar surface area (TPSA) is 89.6 Å². The summed E-state index contributed by atoms with van der Waals surface area (Å²) in [5.74, 6) is 0.709. The Morgan fingerprint density at radius 2 is 1.68 bits per heavy atom. The van der Waals surface area contributed by atoms with Crippen molar-refractivity contribution in [2.75, 3.05) is 11.1 Å². The summed E-state index contributed by atoms with van der Waals surface area (Å²) in [4.78, 5) is 8.63. The van der Waals surface area contributed by atoms with E-state index in [1.54, 1.807) is 18.6 Å². The molecule has 2 aromatic carbocycles. The molecule has 0 amide bonds. The minimum atomic E-state index is 0.549. The molecule has 0 radical (unpaired) electrons. The van der Waals surface area contributed by atoms with Crippen LogP contribution in [0.1, 0.15) is 5.69 Å². The van der Waals surface area contributed by atoms with Crippen molar-refractivity contribution in [2.45, 2.75) is 6.54 Å². The summed E-state index contributed by atoms with van der Waals surface area (Å²) in [6, 6.07) is 24.2. The third-order valence-corrected chi connectivity index (χ3v) is 5.09. The second-order valence-corrected chi connectivity index (χ2v) is 7.17. The van der Waals surface area contributed by atoms with Crippen LogP contribution < -0.4 is 11.1 Å². The van der Waals surface area contributed by atoms with Crippen molar-refractivity contribution < 1.29 is 0 Å². The molecule has 0 bridgehead atoms. The van der Waals surface area contributed by atoms with Crippen molar-refractivity contribution in [1.29, 1.82) is 0 Å². The summed E-state index contributed by atoms with van der Waals surface area (Å²) in [7, 11) is 0. The molecule has 150 valence electrons. The van der Waals surface area contributed by atoms with Crippen molar-refractivity contribution in [3.63, 3.8) is 0 Å². The molecule has 0 aliphatic heterocycles. The molecule has 6 nitrogen and oxygen atoms in total. The fourth-order valence-electron chi connectivity index (χ4n) is 3.67. The number of rotatable bonds is 5. The van der Waals surface area contributed by atoms with E-state index < -0.39 is 0 Å². The van der Waals surface area contributed by atoms with Gasteiger partial charge in [-0.15, -0.1) is 10.2 Å². The lowest BCUT2D eigenvalue weighted by Crippen LogP contribution is -2.06. The SMILES string of the molecule is Nc1cncc(-c2nnc(NCc3ccccn3)c3c(-c4ccccc4)cccc23)c1. The van der Waals surface area contributed by atoms with Crippen molar-refractivity contribution in [2.24, 2.45) is 0 Å². The molecule has 0 fully saturated rings. The minimum absolute atomic E-state index is 0.549. The Balaban J connectivity index is 1.70. The summed E-state index contributed by atoms with van der Waals surface area (Å²) >= 11 is 0. The summed E-state index contributed by atoms with van der Waals surface area (Å²) < 4.78 is 0. The molecule has 0 unspecified atom stereocenters. The highest BCUT2D eigenvalue weighted by atomic mass is 15.2. The first-order valence-corrected chi connectivity index (χ1v) is 9.99. The number of benzene rings is 2. The Hall–Kier alpha value is -4.32. The van der Waals surface area contributed by atoms with Crippen LogP contribution in [0.25, 0.3) is 33.2 Å². The number of hydrogen-bond donors (Lipinski definition) is 2. The minimum Gasteiger partial charge on any atom is -0.397 e. The van der Waals surface area contributed by atoms with Crippen LogP contribution in [0.2, 0.25) is 0 Å². The van der Waals surface area contributed by atoms with Crippen LogP contribution in [0.5, 0.6) is 0 Å². The maximum Gasteiger partial charge on any atom is 0.157 e. The maximum atomic E-state index is 5.97. The van der Waals surface area contributed by atoms with Crippen molar-refractivity contribution in [3.8, 4) is 22.4 Å². The van der Waals surface area contributed by atoms with E-state index in [4.69, 9.17) is 5.73 Å². The van der Waals surface area contributed by atoms with Gasteiger partial charge < -0.3 is 11.1 Å². The number of fused-ring (bicyclic) bond motifs is 1. The zero-order valence-corrected chi connectivity index (χ0v) is 16.7. The smallest absolute Gasteiger partial charge is 0.157 e. The number of nitrogens with zero attached hydrogens (tertiary/aromatic N) is 4. The molecule has 5 aromatic rings. The Kier molecular flexibility index (Phi) is 4.94.